The molecule has 5 rings (SSSR count). The van der Waals surface area contributed by atoms with Gasteiger partial charge in [-0.2, -0.15) is 0 Å². The molecule has 1 N–H and O–H groups in total. The van der Waals surface area contributed by atoms with Gasteiger partial charge in [0.1, 0.15) is 11.6 Å². The number of benzene rings is 2. The van der Waals surface area contributed by atoms with Gasteiger partial charge >= 0.3 is 0 Å². The summed E-state index contributed by atoms with van der Waals surface area (Å²) >= 11 is 6.66. The number of aromatic hydroxyl groups is 1. The Kier molecular flexibility index (Phi) is 8.93. The number of fused-ring (bicyclic) bond motifs is 1. The van der Waals surface area contributed by atoms with Gasteiger partial charge in [0, 0.05) is 49.1 Å². The van der Waals surface area contributed by atoms with Crippen molar-refractivity contribution in [2.75, 3.05) is 30.8 Å². The van der Waals surface area contributed by atoms with Crippen LogP contribution in [0.4, 0.5) is 18.9 Å². The number of phenols is 1. The molecule has 1 aliphatic rings. The molecule has 1 atom stereocenters. The van der Waals surface area contributed by atoms with E-state index >= 15 is 8.78 Å². The summed E-state index contributed by atoms with van der Waals surface area (Å²) in [4.78, 5) is 33.6. The molecule has 47 heavy (non-hydrogen) atoms. The number of sulfone groups is 1. The smallest absolute Gasteiger partial charge is 0.282 e. The number of anilines is 1. The van der Waals surface area contributed by atoms with E-state index in [0.717, 1.165) is 23.0 Å². The Morgan fingerprint density at radius 3 is 2.40 bits per heavy atom. The second-order valence-corrected chi connectivity index (χ2v) is 14.2. The summed E-state index contributed by atoms with van der Waals surface area (Å²) in [7, 11) is -4.37. The minimum Gasteiger partial charge on any atom is -0.507 e. The number of carbonyl (C=O) groups is 1. The maximum Gasteiger partial charge on any atom is 0.282 e. The van der Waals surface area contributed by atoms with Crippen LogP contribution in [-0.2, 0) is 14.6 Å². The number of amides is 1. The third kappa shape index (κ3) is 5.75. The first-order valence-electron chi connectivity index (χ1n) is 14.6. The van der Waals surface area contributed by atoms with E-state index < -0.39 is 72.1 Å². The first-order chi connectivity index (χ1) is 22.0. The summed E-state index contributed by atoms with van der Waals surface area (Å²) in [6.07, 6.45) is 2.36. The minimum absolute atomic E-state index is 0.0699. The molecular formula is C33H32ClF3N4O5S. The van der Waals surface area contributed by atoms with Crippen LogP contribution in [0.1, 0.15) is 37.9 Å². The zero-order valence-corrected chi connectivity index (χ0v) is 27.8. The van der Waals surface area contributed by atoms with Crippen LogP contribution in [0.15, 0.2) is 58.6 Å². The first kappa shape index (κ1) is 34.0. The van der Waals surface area contributed by atoms with Gasteiger partial charge in [0.15, 0.2) is 26.4 Å². The van der Waals surface area contributed by atoms with Crippen molar-refractivity contribution in [3.8, 4) is 22.6 Å². The number of halogens is 4. The van der Waals surface area contributed by atoms with Gasteiger partial charge < -0.3 is 14.9 Å². The van der Waals surface area contributed by atoms with Crippen LogP contribution in [-0.4, -0.2) is 65.8 Å². The minimum atomic E-state index is -4.37. The van der Waals surface area contributed by atoms with Gasteiger partial charge in [-0.1, -0.05) is 38.1 Å². The van der Waals surface area contributed by atoms with Crippen LogP contribution >= 0.6 is 11.6 Å². The highest BCUT2D eigenvalue weighted by atomic mass is 35.5. The lowest BCUT2D eigenvalue weighted by molar-refractivity contribution is -0.129. The molecule has 1 fully saturated rings. The van der Waals surface area contributed by atoms with Crippen LogP contribution in [0, 0.1) is 18.6 Å². The summed E-state index contributed by atoms with van der Waals surface area (Å²) in [5.74, 6) is -5.21. The summed E-state index contributed by atoms with van der Waals surface area (Å²) in [5.41, 5.74) is -1.85. The molecule has 248 valence electrons. The molecule has 0 radical (unpaired) electrons. The summed E-state index contributed by atoms with van der Waals surface area (Å²) in [5, 5.41) is 10.1. The van der Waals surface area contributed by atoms with Gasteiger partial charge in [-0.3, -0.25) is 19.1 Å². The number of hydrogen-bond donors (Lipinski definition) is 1. The normalized spacial score (nSPS) is 15.5. The molecule has 9 nitrogen and oxygen atoms in total. The number of nitrogens with zero attached hydrogens (tertiary/aromatic N) is 4. The number of hydrogen-bond acceptors (Lipinski definition) is 7. The number of pyridine rings is 2. The largest absolute Gasteiger partial charge is 0.507 e. The SMILES string of the molecule is C=C(F)C(=O)N1CCN(c2c(S(C)(=O)=O)c(=O)n(-c3c(C)ccnc3C(C)C)c3c(F)c(-c4c(O)cccc4F)c(Cl)cc23)[C@@H](C)C1. The van der Waals surface area contributed by atoms with Gasteiger partial charge in [0.05, 0.1) is 33.2 Å². The topological polar surface area (TPSA) is 113 Å². The second-order valence-electron chi connectivity index (χ2n) is 11.9. The van der Waals surface area contributed by atoms with Crippen molar-refractivity contribution in [1.82, 2.24) is 14.5 Å². The van der Waals surface area contributed by atoms with Gasteiger partial charge in [-0.15, -0.1) is 0 Å². The molecule has 0 unspecified atom stereocenters. The monoisotopic (exact) mass is 688 g/mol. The van der Waals surface area contributed by atoms with Crippen LogP contribution in [0.3, 0.4) is 0 Å². The highest BCUT2D eigenvalue weighted by molar-refractivity contribution is 7.90. The third-order valence-corrected chi connectivity index (χ3v) is 9.66. The second kappa shape index (κ2) is 12.3. The number of carbonyl (C=O) groups excluding carboxylic acids is 1. The van der Waals surface area contributed by atoms with Crippen molar-refractivity contribution in [1.29, 1.82) is 0 Å². The van der Waals surface area contributed by atoms with E-state index in [1.807, 2.05) is 0 Å². The van der Waals surface area contributed by atoms with Crippen molar-refractivity contribution < 1.29 is 31.5 Å². The van der Waals surface area contributed by atoms with Gasteiger partial charge in [0.2, 0.25) is 0 Å². The fourth-order valence-electron chi connectivity index (χ4n) is 6.19. The fourth-order valence-corrected chi connectivity index (χ4v) is 7.46. The first-order valence-corrected chi connectivity index (χ1v) is 16.9. The van der Waals surface area contributed by atoms with E-state index in [1.165, 1.54) is 28.1 Å². The van der Waals surface area contributed by atoms with Crippen LogP contribution < -0.4 is 10.5 Å². The Morgan fingerprint density at radius 1 is 1.15 bits per heavy atom. The van der Waals surface area contributed by atoms with Crippen molar-refractivity contribution in [2.45, 2.75) is 44.6 Å². The number of phenolic OH excluding ortho intramolecular Hbond substituents is 1. The van der Waals surface area contributed by atoms with Crippen LogP contribution in [0.2, 0.25) is 5.02 Å². The van der Waals surface area contributed by atoms with Crippen molar-refractivity contribution in [2.24, 2.45) is 0 Å². The zero-order chi connectivity index (χ0) is 34.7. The molecule has 0 saturated carbocycles. The lowest BCUT2D eigenvalue weighted by atomic mass is 9.98. The molecule has 1 amide bonds. The molecular weight excluding hydrogens is 657 g/mol. The molecule has 14 heteroatoms. The summed E-state index contributed by atoms with van der Waals surface area (Å²) in [6, 6.07) is 5.51. The average Bonchev–Trinajstić information content (AvgIpc) is 2.97. The number of rotatable bonds is 6. The number of piperazine rings is 1. The fraction of sp³-hybridized carbons (Fsp3) is 0.303. The van der Waals surface area contributed by atoms with Crippen molar-refractivity contribution in [3.05, 3.63) is 87.2 Å². The lowest BCUT2D eigenvalue weighted by Gasteiger charge is -2.42. The van der Waals surface area contributed by atoms with Crippen LogP contribution in [0.25, 0.3) is 27.7 Å². The Bertz CT molecular complexity index is 2130. The van der Waals surface area contributed by atoms with E-state index in [4.69, 9.17) is 11.6 Å². The molecule has 0 spiro atoms. The molecule has 1 saturated heterocycles. The number of aromatic nitrogens is 2. The average molecular weight is 689 g/mol. The van der Waals surface area contributed by atoms with E-state index in [2.05, 4.69) is 11.6 Å². The molecule has 2 aromatic heterocycles. The highest BCUT2D eigenvalue weighted by Gasteiger charge is 2.37. The molecule has 0 aliphatic carbocycles. The predicted molar refractivity (Wildman–Crippen MR) is 175 cm³/mol. The molecule has 0 bridgehead atoms. The van der Waals surface area contributed by atoms with Crippen molar-refractivity contribution in [3.63, 3.8) is 0 Å². The van der Waals surface area contributed by atoms with E-state index in [1.54, 1.807) is 33.8 Å². The van der Waals surface area contributed by atoms with Gasteiger partial charge in [0.25, 0.3) is 11.5 Å². The summed E-state index contributed by atoms with van der Waals surface area (Å²) in [6.45, 7) is 9.73. The predicted octanol–water partition coefficient (Wildman–Crippen LogP) is 6.05. The molecule has 2 aromatic carbocycles. The van der Waals surface area contributed by atoms with Crippen LogP contribution in [0.5, 0.6) is 5.75 Å². The lowest BCUT2D eigenvalue weighted by Crippen LogP contribution is -2.54. The van der Waals surface area contributed by atoms with Crippen molar-refractivity contribution >= 4 is 43.9 Å². The maximum absolute atomic E-state index is 17.3. The highest BCUT2D eigenvalue weighted by Crippen LogP contribution is 2.45. The molecule has 4 aromatic rings. The third-order valence-electron chi connectivity index (χ3n) is 8.25. The van der Waals surface area contributed by atoms with E-state index in [-0.39, 0.29) is 47.3 Å². The van der Waals surface area contributed by atoms with Gasteiger partial charge in [-0.25, -0.2) is 21.6 Å². The Labute approximate surface area is 274 Å². The van der Waals surface area contributed by atoms with Gasteiger partial charge in [-0.05, 0) is 49.6 Å². The standard InChI is InChI=1S/C33H32ClF3N4O5S/c1-16(2)27-28(17(3)10-11-38-27)41-29-20(14-21(34)24(26(29)37)25-22(36)8-7-9-23(25)42)30(31(33(41)44)47(6,45)46)40-13-12-39(15-18(40)4)32(43)19(5)35/h7-11,14,16,18,42H,5,12-13,15H2,1-4,6H3/t18-/m0/s1. The molecule has 1 aliphatic heterocycles. The number of aryl methyl sites for hydroxylation is 1. The Morgan fingerprint density at radius 2 is 1.83 bits per heavy atom. The quantitative estimate of drug-likeness (QED) is 0.246. The zero-order valence-electron chi connectivity index (χ0n) is 26.2. The van der Waals surface area contributed by atoms with E-state index in [0.29, 0.717) is 11.3 Å². The summed E-state index contributed by atoms with van der Waals surface area (Å²) < 4.78 is 74.3. The Hall–Kier alpha value is -4.36. The Balaban J connectivity index is 2.01. The maximum atomic E-state index is 17.3. The molecule has 3 heterocycles. The van der Waals surface area contributed by atoms with E-state index in [9.17, 15) is 27.5 Å².